The maximum absolute atomic E-state index is 12.8. The molecule has 14 nitrogen and oxygen atoms in total. The van der Waals surface area contributed by atoms with E-state index >= 15 is 0 Å². The topological polar surface area (TPSA) is 180 Å². The summed E-state index contributed by atoms with van der Waals surface area (Å²) in [6, 6.07) is 6.75. The number of nitro groups is 1. The number of ether oxygens (including phenoxy) is 2. The maximum atomic E-state index is 12.8. The third-order valence-electron chi connectivity index (χ3n) is 5.17. The maximum Gasteiger partial charge on any atom is 0.321 e. The number of hydrogen-bond acceptors (Lipinski definition) is 10. The third-order valence-corrected chi connectivity index (χ3v) is 6.54. The van der Waals surface area contributed by atoms with Gasteiger partial charge in [-0.3, -0.25) is 24.3 Å². The largest absolute Gasteiger partial charge is 0.481 e. The Balaban J connectivity index is 1.68. The number of anilines is 2. The summed E-state index contributed by atoms with van der Waals surface area (Å²) in [4.78, 5) is 31.1. The van der Waals surface area contributed by atoms with Crippen molar-refractivity contribution in [3.8, 4) is 11.9 Å². The fraction of sp³-hybridized carbons (Fsp3) is 0.333. The van der Waals surface area contributed by atoms with E-state index in [-0.39, 0.29) is 46.4 Å². The van der Waals surface area contributed by atoms with Gasteiger partial charge >= 0.3 is 11.7 Å². The van der Waals surface area contributed by atoms with Crippen molar-refractivity contribution in [2.75, 3.05) is 24.3 Å². The van der Waals surface area contributed by atoms with Gasteiger partial charge in [0.25, 0.3) is 10.0 Å². The highest BCUT2D eigenvalue weighted by Gasteiger charge is 2.24. The standard InChI is InChI=1S/C21H25N7O7S/c1-12(11-27-14(3)19(28(30)31)13(2)25-27)20(29)22-15-6-8-16(9-7-15)36(32,33)26-17-10-18(34-4)24-21(23-17)35-5/h6-10,12H,11H2,1-5H3,(H,22,29)(H,23,24,26). The minimum atomic E-state index is -4.01. The molecule has 2 heterocycles. The van der Waals surface area contributed by atoms with Crippen LogP contribution in [-0.4, -0.2) is 53.2 Å². The Hall–Kier alpha value is -4.27. The summed E-state index contributed by atoms with van der Waals surface area (Å²) in [6.45, 7) is 4.90. The number of carbonyl (C=O) groups is 1. The van der Waals surface area contributed by atoms with E-state index in [9.17, 15) is 23.3 Å². The van der Waals surface area contributed by atoms with Crippen molar-refractivity contribution in [3.63, 3.8) is 0 Å². The molecule has 1 atom stereocenters. The normalized spacial score (nSPS) is 12.0. The number of carbonyl (C=O) groups excluding carboxylic acids is 1. The molecule has 0 saturated carbocycles. The van der Waals surface area contributed by atoms with Gasteiger partial charge in [-0.1, -0.05) is 6.92 Å². The molecular weight excluding hydrogens is 494 g/mol. The molecule has 192 valence electrons. The molecule has 0 fully saturated rings. The van der Waals surface area contributed by atoms with E-state index in [0.29, 0.717) is 11.4 Å². The van der Waals surface area contributed by atoms with Crippen LogP contribution in [0, 0.1) is 29.9 Å². The zero-order valence-corrected chi connectivity index (χ0v) is 21.0. The van der Waals surface area contributed by atoms with Crippen LogP contribution in [0.15, 0.2) is 35.2 Å². The smallest absolute Gasteiger partial charge is 0.321 e. The number of aromatic nitrogens is 4. The minimum Gasteiger partial charge on any atom is -0.481 e. The van der Waals surface area contributed by atoms with Crippen molar-refractivity contribution in [1.29, 1.82) is 0 Å². The molecule has 2 aromatic heterocycles. The van der Waals surface area contributed by atoms with Crippen molar-refractivity contribution >= 4 is 33.1 Å². The molecule has 1 unspecified atom stereocenters. The lowest BCUT2D eigenvalue weighted by Gasteiger charge is -2.14. The molecule has 2 N–H and O–H groups in total. The Bertz CT molecular complexity index is 1370. The molecule has 15 heteroatoms. The first-order chi connectivity index (χ1) is 16.9. The summed E-state index contributed by atoms with van der Waals surface area (Å²) in [6.07, 6.45) is 0. The van der Waals surface area contributed by atoms with E-state index in [2.05, 4.69) is 25.1 Å². The summed E-state index contributed by atoms with van der Waals surface area (Å²) in [5.41, 5.74) is 0.926. The highest BCUT2D eigenvalue weighted by Crippen LogP contribution is 2.24. The first-order valence-electron chi connectivity index (χ1n) is 10.5. The summed E-state index contributed by atoms with van der Waals surface area (Å²) in [5.74, 6) is -0.870. The molecule has 1 aromatic carbocycles. The van der Waals surface area contributed by atoms with E-state index in [4.69, 9.17) is 9.47 Å². The number of sulfonamides is 1. The zero-order valence-electron chi connectivity index (χ0n) is 20.2. The fourth-order valence-corrected chi connectivity index (χ4v) is 4.30. The van der Waals surface area contributed by atoms with Gasteiger partial charge in [0.1, 0.15) is 11.4 Å². The zero-order chi connectivity index (χ0) is 26.6. The van der Waals surface area contributed by atoms with Crippen LogP contribution in [0.2, 0.25) is 0 Å². The van der Waals surface area contributed by atoms with Crippen LogP contribution >= 0.6 is 0 Å². The van der Waals surface area contributed by atoms with E-state index in [1.807, 2.05) is 0 Å². The molecule has 0 aliphatic rings. The van der Waals surface area contributed by atoms with Gasteiger partial charge in [-0.05, 0) is 38.1 Å². The van der Waals surface area contributed by atoms with Crippen molar-refractivity contribution in [3.05, 3.63) is 51.8 Å². The fourth-order valence-electron chi connectivity index (χ4n) is 3.30. The van der Waals surface area contributed by atoms with Gasteiger partial charge < -0.3 is 14.8 Å². The summed E-state index contributed by atoms with van der Waals surface area (Å²) >= 11 is 0. The molecule has 0 spiro atoms. The van der Waals surface area contributed by atoms with Crippen LogP contribution in [-0.2, 0) is 21.4 Å². The highest BCUT2D eigenvalue weighted by molar-refractivity contribution is 7.92. The van der Waals surface area contributed by atoms with Crippen LogP contribution in [0.5, 0.6) is 11.9 Å². The van der Waals surface area contributed by atoms with Gasteiger partial charge in [-0.2, -0.15) is 15.1 Å². The van der Waals surface area contributed by atoms with Crippen LogP contribution in [0.3, 0.4) is 0 Å². The number of nitrogens with zero attached hydrogens (tertiary/aromatic N) is 5. The molecule has 0 bridgehead atoms. The van der Waals surface area contributed by atoms with E-state index < -0.39 is 20.9 Å². The lowest BCUT2D eigenvalue weighted by atomic mass is 10.1. The Morgan fingerprint density at radius 3 is 2.39 bits per heavy atom. The number of hydrogen-bond donors (Lipinski definition) is 2. The number of methoxy groups -OCH3 is 2. The Morgan fingerprint density at radius 1 is 1.17 bits per heavy atom. The van der Waals surface area contributed by atoms with Crippen LogP contribution in [0.4, 0.5) is 17.2 Å². The van der Waals surface area contributed by atoms with Crippen molar-refractivity contribution in [1.82, 2.24) is 19.7 Å². The van der Waals surface area contributed by atoms with E-state index in [1.54, 1.807) is 13.8 Å². The lowest BCUT2D eigenvalue weighted by molar-refractivity contribution is -0.386. The minimum absolute atomic E-state index is 0.0470. The average molecular weight is 520 g/mol. The quantitative estimate of drug-likeness (QED) is 0.298. The van der Waals surface area contributed by atoms with Crippen LogP contribution < -0.4 is 19.5 Å². The lowest BCUT2D eigenvalue weighted by Crippen LogP contribution is -2.25. The second-order valence-corrected chi connectivity index (χ2v) is 9.44. The van der Waals surface area contributed by atoms with Crippen molar-refractivity contribution in [2.24, 2.45) is 5.92 Å². The van der Waals surface area contributed by atoms with Gasteiger partial charge in [0.05, 0.1) is 36.5 Å². The third kappa shape index (κ3) is 5.86. The van der Waals surface area contributed by atoms with E-state index in [1.165, 1.54) is 56.2 Å². The summed E-state index contributed by atoms with van der Waals surface area (Å²) < 4.78 is 39.2. The summed E-state index contributed by atoms with van der Waals surface area (Å²) in [5, 5.41) is 18.0. The number of aryl methyl sites for hydroxylation is 1. The SMILES string of the molecule is COc1cc(NS(=O)(=O)c2ccc(NC(=O)C(C)Cn3nc(C)c([N+](=O)[O-])c3C)cc2)nc(OC)n1. The molecule has 1 amide bonds. The molecule has 0 aliphatic carbocycles. The van der Waals surface area contributed by atoms with Crippen molar-refractivity contribution < 1.29 is 27.6 Å². The Morgan fingerprint density at radius 2 is 1.83 bits per heavy atom. The van der Waals surface area contributed by atoms with Gasteiger partial charge in [0, 0.05) is 11.8 Å². The predicted molar refractivity (Wildman–Crippen MR) is 129 cm³/mol. The van der Waals surface area contributed by atoms with Gasteiger partial charge in [0.15, 0.2) is 5.82 Å². The summed E-state index contributed by atoms with van der Waals surface area (Å²) in [7, 11) is -1.30. The second kappa shape index (κ2) is 10.6. The monoisotopic (exact) mass is 519 g/mol. The van der Waals surface area contributed by atoms with E-state index in [0.717, 1.165) is 0 Å². The average Bonchev–Trinajstić information content (AvgIpc) is 3.11. The first-order valence-corrected chi connectivity index (χ1v) is 12.0. The Kier molecular flexibility index (Phi) is 7.72. The number of nitrogens with one attached hydrogen (secondary N) is 2. The predicted octanol–water partition coefficient (Wildman–Crippen LogP) is 2.29. The molecule has 0 saturated heterocycles. The van der Waals surface area contributed by atoms with Crippen LogP contribution in [0.1, 0.15) is 18.3 Å². The molecular formula is C21H25N7O7S. The number of amides is 1. The molecule has 0 radical (unpaired) electrons. The second-order valence-electron chi connectivity index (χ2n) is 7.76. The molecule has 0 aliphatic heterocycles. The highest BCUT2D eigenvalue weighted by atomic mass is 32.2. The molecule has 3 aromatic rings. The Labute approximate surface area is 206 Å². The van der Waals surface area contributed by atoms with Gasteiger partial charge in [0.2, 0.25) is 11.8 Å². The van der Waals surface area contributed by atoms with Crippen LogP contribution in [0.25, 0.3) is 0 Å². The number of rotatable bonds is 10. The first kappa shape index (κ1) is 26.3. The van der Waals surface area contributed by atoms with Gasteiger partial charge in [-0.25, -0.2) is 8.42 Å². The molecule has 3 rings (SSSR count). The number of benzene rings is 1. The molecule has 36 heavy (non-hydrogen) atoms. The van der Waals surface area contributed by atoms with Gasteiger partial charge in [-0.15, -0.1) is 0 Å². The van der Waals surface area contributed by atoms with Crippen molar-refractivity contribution in [2.45, 2.75) is 32.2 Å².